The number of ether oxygens (including phenoxy) is 1. The Balaban J connectivity index is 1.86. The predicted octanol–water partition coefficient (Wildman–Crippen LogP) is 0.434. The van der Waals surface area contributed by atoms with Gasteiger partial charge >= 0.3 is 0 Å². The molecule has 0 spiro atoms. The van der Waals surface area contributed by atoms with Crippen molar-refractivity contribution in [1.82, 2.24) is 5.32 Å². The molecule has 0 aliphatic heterocycles. The van der Waals surface area contributed by atoms with Crippen LogP contribution in [0.2, 0.25) is 0 Å². The SMILES string of the molecule is COC[C@H]1C[C@@H](NCc2ccc(C)o2)[C@H](O)[C@@H]1O. The zero-order valence-electron chi connectivity index (χ0n) is 10.8. The first kappa shape index (κ1) is 13.5. The summed E-state index contributed by atoms with van der Waals surface area (Å²) in [5, 5.41) is 23.0. The Morgan fingerprint density at radius 2 is 2.17 bits per heavy atom. The predicted molar refractivity (Wildman–Crippen MR) is 66.1 cm³/mol. The molecule has 1 aromatic heterocycles. The average molecular weight is 255 g/mol. The molecule has 2 rings (SSSR count). The molecule has 0 bridgehead atoms. The van der Waals surface area contributed by atoms with Crippen molar-refractivity contribution in [2.75, 3.05) is 13.7 Å². The Kier molecular flexibility index (Phi) is 4.40. The lowest BCUT2D eigenvalue weighted by Gasteiger charge is -2.17. The Labute approximate surface area is 107 Å². The number of furan rings is 1. The monoisotopic (exact) mass is 255 g/mol. The van der Waals surface area contributed by atoms with Crippen molar-refractivity contribution in [2.24, 2.45) is 5.92 Å². The van der Waals surface area contributed by atoms with Crippen LogP contribution in [0.1, 0.15) is 17.9 Å². The van der Waals surface area contributed by atoms with Gasteiger partial charge in [-0.15, -0.1) is 0 Å². The highest BCUT2D eigenvalue weighted by atomic mass is 16.5. The fraction of sp³-hybridized carbons (Fsp3) is 0.692. The van der Waals surface area contributed by atoms with Crippen molar-refractivity contribution in [2.45, 2.75) is 38.1 Å². The maximum absolute atomic E-state index is 9.94. The van der Waals surface area contributed by atoms with Crippen LogP contribution in [0.4, 0.5) is 0 Å². The van der Waals surface area contributed by atoms with Gasteiger partial charge in [-0.05, 0) is 25.5 Å². The molecular formula is C13H21NO4. The second kappa shape index (κ2) is 5.84. The summed E-state index contributed by atoms with van der Waals surface area (Å²) in [5.74, 6) is 1.70. The number of rotatable bonds is 5. The van der Waals surface area contributed by atoms with Crippen LogP contribution in [0.25, 0.3) is 0 Å². The van der Waals surface area contributed by atoms with E-state index >= 15 is 0 Å². The van der Waals surface area contributed by atoms with E-state index in [-0.39, 0.29) is 12.0 Å². The van der Waals surface area contributed by atoms with Crippen molar-refractivity contribution in [3.05, 3.63) is 23.7 Å². The number of aliphatic hydroxyl groups is 2. The van der Waals surface area contributed by atoms with Crippen LogP contribution in [-0.2, 0) is 11.3 Å². The van der Waals surface area contributed by atoms with E-state index in [0.29, 0.717) is 19.6 Å². The van der Waals surface area contributed by atoms with E-state index in [1.54, 1.807) is 7.11 Å². The Hall–Kier alpha value is -0.880. The molecule has 1 fully saturated rings. The summed E-state index contributed by atoms with van der Waals surface area (Å²) in [4.78, 5) is 0. The molecule has 0 aromatic carbocycles. The number of aliphatic hydroxyl groups excluding tert-OH is 2. The van der Waals surface area contributed by atoms with Gasteiger partial charge in [0.1, 0.15) is 11.5 Å². The maximum atomic E-state index is 9.94. The summed E-state index contributed by atoms with van der Waals surface area (Å²) in [6.45, 7) is 2.92. The summed E-state index contributed by atoms with van der Waals surface area (Å²) in [5.41, 5.74) is 0. The molecule has 0 radical (unpaired) electrons. The number of hydrogen-bond acceptors (Lipinski definition) is 5. The van der Waals surface area contributed by atoms with Crippen molar-refractivity contribution < 1.29 is 19.4 Å². The Bertz CT molecular complexity index is 379. The highest BCUT2D eigenvalue weighted by Gasteiger charge is 2.40. The van der Waals surface area contributed by atoms with E-state index in [1.165, 1.54) is 0 Å². The van der Waals surface area contributed by atoms with Crippen LogP contribution in [0.3, 0.4) is 0 Å². The third kappa shape index (κ3) is 2.92. The fourth-order valence-electron chi connectivity index (χ4n) is 2.52. The van der Waals surface area contributed by atoms with Crippen molar-refractivity contribution in [3.63, 3.8) is 0 Å². The summed E-state index contributed by atoms with van der Waals surface area (Å²) < 4.78 is 10.5. The molecule has 1 aliphatic rings. The van der Waals surface area contributed by atoms with Crippen LogP contribution in [0.15, 0.2) is 16.5 Å². The number of hydrogen-bond donors (Lipinski definition) is 3. The van der Waals surface area contributed by atoms with Gasteiger partial charge in [0.15, 0.2) is 0 Å². The zero-order valence-corrected chi connectivity index (χ0v) is 10.8. The van der Waals surface area contributed by atoms with Gasteiger partial charge in [-0.3, -0.25) is 0 Å². The highest BCUT2D eigenvalue weighted by Crippen LogP contribution is 2.27. The van der Waals surface area contributed by atoms with Crippen LogP contribution in [-0.4, -0.2) is 42.2 Å². The molecule has 0 unspecified atom stereocenters. The lowest BCUT2D eigenvalue weighted by atomic mass is 10.1. The van der Waals surface area contributed by atoms with Gasteiger partial charge in [-0.25, -0.2) is 0 Å². The summed E-state index contributed by atoms with van der Waals surface area (Å²) in [7, 11) is 1.60. The number of nitrogens with one attached hydrogen (secondary N) is 1. The molecule has 5 heteroatoms. The van der Waals surface area contributed by atoms with E-state index in [9.17, 15) is 10.2 Å². The number of methoxy groups -OCH3 is 1. The Morgan fingerprint density at radius 3 is 2.78 bits per heavy atom. The first-order valence-electron chi connectivity index (χ1n) is 6.25. The lowest BCUT2D eigenvalue weighted by molar-refractivity contribution is -0.00609. The summed E-state index contributed by atoms with van der Waals surface area (Å²) in [6, 6.07) is 3.70. The minimum atomic E-state index is -0.749. The van der Waals surface area contributed by atoms with Gasteiger partial charge in [0.2, 0.25) is 0 Å². The Morgan fingerprint density at radius 1 is 1.39 bits per heavy atom. The minimum Gasteiger partial charge on any atom is -0.465 e. The molecule has 5 nitrogen and oxygen atoms in total. The van der Waals surface area contributed by atoms with E-state index in [1.807, 2.05) is 19.1 Å². The average Bonchev–Trinajstić information content (AvgIpc) is 2.87. The molecule has 1 aromatic rings. The first-order valence-corrected chi connectivity index (χ1v) is 6.25. The van der Waals surface area contributed by atoms with Gasteiger partial charge < -0.3 is 24.7 Å². The minimum absolute atomic E-state index is 0.0131. The standard InChI is InChI=1S/C13H21NO4/c1-8-3-4-10(18-8)6-14-11-5-9(7-17-2)12(15)13(11)16/h3-4,9,11-16H,5-7H2,1-2H3/t9-,11-,12-,13+/m1/s1. The molecule has 1 aliphatic carbocycles. The molecule has 0 saturated heterocycles. The normalized spacial score (nSPS) is 32.0. The second-order valence-corrected chi connectivity index (χ2v) is 4.93. The maximum Gasteiger partial charge on any atom is 0.117 e. The highest BCUT2D eigenvalue weighted by molar-refractivity contribution is 5.06. The molecule has 4 atom stereocenters. The quantitative estimate of drug-likeness (QED) is 0.711. The van der Waals surface area contributed by atoms with Gasteiger partial charge in [-0.2, -0.15) is 0 Å². The third-order valence-corrected chi connectivity index (χ3v) is 3.52. The van der Waals surface area contributed by atoms with Crippen LogP contribution in [0, 0.1) is 12.8 Å². The van der Waals surface area contributed by atoms with E-state index in [2.05, 4.69) is 5.32 Å². The van der Waals surface area contributed by atoms with Gasteiger partial charge in [0.25, 0.3) is 0 Å². The fourth-order valence-corrected chi connectivity index (χ4v) is 2.52. The zero-order chi connectivity index (χ0) is 13.1. The van der Waals surface area contributed by atoms with E-state index in [4.69, 9.17) is 9.15 Å². The smallest absolute Gasteiger partial charge is 0.117 e. The molecule has 102 valence electrons. The first-order chi connectivity index (χ1) is 8.61. The molecule has 18 heavy (non-hydrogen) atoms. The largest absolute Gasteiger partial charge is 0.465 e. The number of aryl methyl sites for hydroxylation is 1. The van der Waals surface area contributed by atoms with Crippen molar-refractivity contribution >= 4 is 0 Å². The van der Waals surface area contributed by atoms with Crippen LogP contribution >= 0.6 is 0 Å². The second-order valence-electron chi connectivity index (χ2n) is 4.93. The molecule has 0 amide bonds. The van der Waals surface area contributed by atoms with Gasteiger partial charge in [0, 0.05) is 19.1 Å². The van der Waals surface area contributed by atoms with Gasteiger partial charge in [0.05, 0.1) is 25.4 Å². The summed E-state index contributed by atoms with van der Waals surface area (Å²) >= 11 is 0. The van der Waals surface area contributed by atoms with Gasteiger partial charge in [-0.1, -0.05) is 0 Å². The van der Waals surface area contributed by atoms with E-state index in [0.717, 1.165) is 11.5 Å². The molecule has 1 heterocycles. The summed E-state index contributed by atoms with van der Waals surface area (Å²) in [6.07, 6.45) is -0.766. The molecule has 3 N–H and O–H groups in total. The van der Waals surface area contributed by atoms with Crippen LogP contribution in [0.5, 0.6) is 0 Å². The van der Waals surface area contributed by atoms with Crippen molar-refractivity contribution in [1.29, 1.82) is 0 Å². The van der Waals surface area contributed by atoms with E-state index < -0.39 is 12.2 Å². The third-order valence-electron chi connectivity index (χ3n) is 3.52. The van der Waals surface area contributed by atoms with Crippen LogP contribution < -0.4 is 5.32 Å². The molecular weight excluding hydrogens is 234 g/mol. The topological polar surface area (TPSA) is 74.9 Å². The van der Waals surface area contributed by atoms with Crippen molar-refractivity contribution in [3.8, 4) is 0 Å². The lowest BCUT2D eigenvalue weighted by Crippen LogP contribution is -2.39. The molecule has 1 saturated carbocycles.